The van der Waals surface area contributed by atoms with Gasteiger partial charge >= 0.3 is 0 Å². The van der Waals surface area contributed by atoms with Gasteiger partial charge in [0.2, 0.25) is 0 Å². The zero-order chi connectivity index (χ0) is 18.2. The number of carbonyl (C=O) groups excluding carboxylic acids is 1. The SMILES string of the molecule is CN=C(NCCCNC(=O)c1cccs1)NCc1c(C)nn(C)c1C.I. The van der Waals surface area contributed by atoms with Crippen LogP contribution in [0.3, 0.4) is 0 Å². The molecule has 0 unspecified atom stereocenters. The van der Waals surface area contributed by atoms with Gasteiger partial charge < -0.3 is 16.0 Å². The Balaban J connectivity index is 0.00000338. The van der Waals surface area contributed by atoms with Crippen molar-refractivity contribution in [2.75, 3.05) is 20.1 Å². The van der Waals surface area contributed by atoms with Crippen molar-refractivity contribution in [3.8, 4) is 0 Å². The van der Waals surface area contributed by atoms with Crippen LogP contribution in [0.15, 0.2) is 22.5 Å². The monoisotopic (exact) mass is 490 g/mol. The lowest BCUT2D eigenvalue weighted by molar-refractivity contribution is 0.0957. The lowest BCUT2D eigenvalue weighted by Crippen LogP contribution is -2.38. The summed E-state index contributed by atoms with van der Waals surface area (Å²) in [4.78, 5) is 16.8. The summed E-state index contributed by atoms with van der Waals surface area (Å²) in [5.74, 6) is 0.729. The van der Waals surface area contributed by atoms with E-state index in [-0.39, 0.29) is 29.9 Å². The number of nitrogens with zero attached hydrogens (tertiary/aromatic N) is 3. The molecule has 1 amide bonds. The van der Waals surface area contributed by atoms with Crippen molar-refractivity contribution in [3.05, 3.63) is 39.3 Å². The minimum atomic E-state index is -0.0139. The fourth-order valence-corrected chi connectivity index (χ4v) is 3.10. The van der Waals surface area contributed by atoms with Crippen LogP contribution in [0.1, 0.15) is 33.0 Å². The summed E-state index contributed by atoms with van der Waals surface area (Å²) < 4.78 is 1.89. The molecule has 3 N–H and O–H groups in total. The smallest absolute Gasteiger partial charge is 0.261 e. The van der Waals surface area contributed by atoms with Crippen LogP contribution in [0.25, 0.3) is 0 Å². The molecule has 2 aromatic rings. The zero-order valence-corrected chi connectivity index (χ0v) is 18.8. The van der Waals surface area contributed by atoms with Gasteiger partial charge in [-0.1, -0.05) is 6.07 Å². The van der Waals surface area contributed by atoms with Crippen LogP contribution in [0.5, 0.6) is 0 Å². The van der Waals surface area contributed by atoms with Gasteiger partial charge in [-0.3, -0.25) is 14.5 Å². The van der Waals surface area contributed by atoms with Crippen LogP contribution in [-0.4, -0.2) is 41.8 Å². The van der Waals surface area contributed by atoms with E-state index < -0.39 is 0 Å². The van der Waals surface area contributed by atoms with Gasteiger partial charge in [0.1, 0.15) is 0 Å². The highest BCUT2D eigenvalue weighted by molar-refractivity contribution is 14.0. The molecule has 0 fully saturated rings. The summed E-state index contributed by atoms with van der Waals surface area (Å²) in [5, 5.41) is 15.8. The van der Waals surface area contributed by atoms with Crippen LogP contribution in [0, 0.1) is 13.8 Å². The van der Waals surface area contributed by atoms with E-state index in [0.717, 1.165) is 35.2 Å². The minimum absolute atomic E-state index is 0. The number of halogens is 1. The van der Waals surface area contributed by atoms with E-state index in [2.05, 4.69) is 33.0 Å². The number of guanidine groups is 1. The first-order valence-electron chi connectivity index (χ1n) is 8.28. The topological polar surface area (TPSA) is 83.3 Å². The number of aromatic nitrogens is 2. The number of hydrogen-bond acceptors (Lipinski definition) is 4. The maximum atomic E-state index is 11.8. The van der Waals surface area contributed by atoms with Gasteiger partial charge in [-0.05, 0) is 31.7 Å². The highest BCUT2D eigenvalue weighted by atomic mass is 127. The summed E-state index contributed by atoms with van der Waals surface area (Å²) in [7, 11) is 3.69. The Labute approximate surface area is 175 Å². The molecule has 2 heterocycles. The Bertz CT molecular complexity index is 726. The summed E-state index contributed by atoms with van der Waals surface area (Å²) in [6.45, 7) is 6.11. The molecule has 0 aliphatic heterocycles. The van der Waals surface area contributed by atoms with E-state index in [9.17, 15) is 4.79 Å². The van der Waals surface area contributed by atoms with E-state index in [1.807, 2.05) is 36.2 Å². The molecule has 144 valence electrons. The van der Waals surface area contributed by atoms with Gasteiger partial charge in [-0.2, -0.15) is 5.10 Å². The highest BCUT2D eigenvalue weighted by Crippen LogP contribution is 2.11. The summed E-state index contributed by atoms with van der Waals surface area (Å²) in [6.07, 6.45) is 0.822. The lowest BCUT2D eigenvalue weighted by atomic mass is 10.2. The van der Waals surface area contributed by atoms with Crippen molar-refractivity contribution in [3.63, 3.8) is 0 Å². The molecule has 0 saturated carbocycles. The van der Waals surface area contributed by atoms with Crippen molar-refractivity contribution in [2.24, 2.45) is 12.0 Å². The Hall–Kier alpha value is -1.62. The molecule has 0 aliphatic carbocycles. The van der Waals surface area contributed by atoms with Gasteiger partial charge in [0.25, 0.3) is 5.91 Å². The Morgan fingerprint density at radius 1 is 1.27 bits per heavy atom. The normalized spacial score (nSPS) is 11.0. The maximum Gasteiger partial charge on any atom is 0.261 e. The van der Waals surface area contributed by atoms with Crippen LogP contribution in [-0.2, 0) is 13.6 Å². The maximum absolute atomic E-state index is 11.8. The number of aliphatic imine (C=N–C) groups is 1. The van der Waals surface area contributed by atoms with E-state index in [4.69, 9.17) is 0 Å². The molecule has 0 saturated heterocycles. The summed E-state index contributed by atoms with van der Waals surface area (Å²) >= 11 is 1.45. The number of hydrogen-bond donors (Lipinski definition) is 3. The third kappa shape index (κ3) is 6.27. The molecule has 0 aliphatic rings. The Morgan fingerprint density at radius 2 is 2.00 bits per heavy atom. The van der Waals surface area contributed by atoms with Crippen molar-refractivity contribution in [2.45, 2.75) is 26.8 Å². The number of carbonyl (C=O) groups is 1. The molecule has 9 heteroatoms. The minimum Gasteiger partial charge on any atom is -0.356 e. The quantitative estimate of drug-likeness (QED) is 0.241. The van der Waals surface area contributed by atoms with Gasteiger partial charge in [0.15, 0.2) is 5.96 Å². The Kier molecular flexibility index (Phi) is 9.63. The second kappa shape index (κ2) is 11.2. The van der Waals surface area contributed by atoms with E-state index >= 15 is 0 Å². The second-order valence-electron chi connectivity index (χ2n) is 5.71. The second-order valence-corrected chi connectivity index (χ2v) is 6.66. The predicted octanol–water partition coefficient (Wildman–Crippen LogP) is 2.20. The molecule has 0 atom stereocenters. The van der Waals surface area contributed by atoms with E-state index in [1.165, 1.54) is 16.9 Å². The molecular formula is C17H27IN6OS. The standard InChI is InChI=1S/C17H26N6OS.HI/c1-12-14(13(2)23(4)22-12)11-21-17(18-3)20-9-6-8-19-16(24)15-7-5-10-25-15;/h5,7,10H,6,8-9,11H2,1-4H3,(H,19,24)(H2,18,20,21);1H. The fraction of sp³-hybridized carbons (Fsp3) is 0.471. The van der Waals surface area contributed by atoms with Gasteiger partial charge in [0, 0.05) is 45.0 Å². The van der Waals surface area contributed by atoms with Gasteiger partial charge in [-0.15, -0.1) is 35.3 Å². The largest absolute Gasteiger partial charge is 0.356 e. The molecule has 7 nitrogen and oxygen atoms in total. The average molecular weight is 490 g/mol. The molecule has 2 aromatic heterocycles. The number of amides is 1. The number of thiophene rings is 1. The number of nitrogens with one attached hydrogen (secondary N) is 3. The molecule has 0 radical (unpaired) electrons. The average Bonchev–Trinajstić information content (AvgIpc) is 3.20. The predicted molar refractivity (Wildman–Crippen MR) is 118 cm³/mol. The van der Waals surface area contributed by atoms with Crippen molar-refractivity contribution < 1.29 is 4.79 Å². The summed E-state index contributed by atoms with van der Waals surface area (Å²) in [5.41, 5.74) is 3.37. The van der Waals surface area contributed by atoms with Crippen LogP contribution in [0.2, 0.25) is 0 Å². The van der Waals surface area contributed by atoms with Gasteiger partial charge in [0.05, 0.1) is 10.6 Å². The van der Waals surface area contributed by atoms with Crippen molar-refractivity contribution in [1.29, 1.82) is 0 Å². The molecule has 0 bridgehead atoms. The van der Waals surface area contributed by atoms with Crippen LogP contribution in [0.4, 0.5) is 0 Å². The molecule has 2 rings (SSSR count). The molecule has 26 heavy (non-hydrogen) atoms. The molecule has 0 aromatic carbocycles. The van der Waals surface area contributed by atoms with E-state index in [0.29, 0.717) is 13.1 Å². The lowest BCUT2D eigenvalue weighted by Gasteiger charge is -2.12. The van der Waals surface area contributed by atoms with Gasteiger partial charge in [-0.25, -0.2) is 0 Å². The zero-order valence-electron chi connectivity index (χ0n) is 15.6. The first-order chi connectivity index (χ1) is 12.0. The first-order valence-corrected chi connectivity index (χ1v) is 9.16. The third-order valence-corrected chi connectivity index (χ3v) is 4.86. The number of rotatable bonds is 7. The van der Waals surface area contributed by atoms with E-state index in [1.54, 1.807) is 7.05 Å². The first kappa shape index (κ1) is 22.4. The van der Waals surface area contributed by atoms with Crippen LogP contribution < -0.4 is 16.0 Å². The van der Waals surface area contributed by atoms with Crippen LogP contribution >= 0.6 is 35.3 Å². The fourth-order valence-electron chi connectivity index (χ4n) is 2.46. The Morgan fingerprint density at radius 3 is 2.58 bits per heavy atom. The molecular weight excluding hydrogens is 463 g/mol. The summed E-state index contributed by atoms with van der Waals surface area (Å²) in [6, 6.07) is 3.70. The number of aryl methyl sites for hydroxylation is 2. The van der Waals surface area contributed by atoms with Crippen molar-refractivity contribution >= 4 is 47.2 Å². The third-order valence-electron chi connectivity index (χ3n) is 3.99. The highest BCUT2D eigenvalue weighted by Gasteiger charge is 2.09. The molecule has 0 spiro atoms. The van der Waals surface area contributed by atoms with Crippen molar-refractivity contribution in [1.82, 2.24) is 25.7 Å².